The summed E-state index contributed by atoms with van der Waals surface area (Å²) in [5.74, 6) is -1.18. The van der Waals surface area contributed by atoms with E-state index in [9.17, 15) is 35.9 Å². The Morgan fingerprint density at radius 3 is 2.50 bits per heavy atom. The predicted molar refractivity (Wildman–Crippen MR) is 101 cm³/mol. The minimum Gasteiger partial charge on any atom is -0.387 e. The van der Waals surface area contributed by atoms with Crippen molar-refractivity contribution in [1.29, 1.82) is 0 Å². The second kappa shape index (κ2) is 9.73. The van der Waals surface area contributed by atoms with Crippen LogP contribution in [0.5, 0.6) is 0 Å². The zero-order valence-corrected chi connectivity index (χ0v) is 16.8. The fourth-order valence-corrected chi connectivity index (χ4v) is 3.68. The molecule has 0 aliphatic heterocycles. The van der Waals surface area contributed by atoms with Crippen molar-refractivity contribution in [2.45, 2.75) is 23.6 Å². The third kappa shape index (κ3) is 6.66. The summed E-state index contributed by atoms with van der Waals surface area (Å²) in [5, 5.41) is 11.6. The third-order valence-corrected chi connectivity index (χ3v) is 5.71. The van der Waals surface area contributed by atoms with Crippen LogP contribution in [0.15, 0.2) is 47.4 Å². The van der Waals surface area contributed by atoms with Crippen LogP contribution < -0.4 is 10.0 Å². The lowest BCUT2D eigenvalue weighted by Gasteiger charge is -2.13. The van der Waals surface area contributed by atoms with Crippen LogP contribution in [0, 0.1) is 5.82 Å². The highest BCUT2D eigenvalue weighted by molar-refractivity contribution is 7.89. The molecule has 2 aromatic carbocycles. The summed E-state index contributed by atoms with van der Waals surface area (Å²) < 4.78 is 78.1. The van der Waals surface area contributed by atoms with E-state index in [4.69, 9.17) is 11.6 Å². The minimum atomic E-state index is -4.83. The maximum absolute atomic E-state index is 13.1. The van der Waals surface area contributed by atoms with Gasteiger partial charge >= 0.3 is 6.18 Å². The topological polar surface area (TPSA) is 95.5 Å². The van der Waals surface area contributed by atoms with Gasteiger partial charge in [0, 0.05) is 19.5 Å². The molecule has 0 aliphatic rings. The molecule has 0 fully saturated rings. The van der Waals surface area contributed by atoms with Gasteiger partial charge in [-0.3, -0.25) is 4.79 Å². The second-order valence-electron chi connectivity index (χ2n) is 6.16. The maximum atomic E-state index is 13.1. The highest BCUT2D eigenvalue weighted by Gasteiger charge is 2.34. The van der Waals surface area contributed by atoms with E-state index in [1.54, 1.807) is 0 Å². The number of hydrogen-bond donors (Lipinski definition) is 3. The zero-order chi connectivity index (χ0) is 22.5. The van der Waals surface area contributed by atoms with Crippen molar-refractivity contribution in [3.63, 3.8) is 0 Å². The van der Waals surface area contributed by atoms with Crippen LogP contribution in [0.3, 0.4) is 0 Å². The van der Waals surface area contributed by atoms with Crippen molar-refractivity contribution in [2.75, 3.05) is 13.1 Å². The number of carbonyl (C=O) groups excluding carboxylic acids is 1. The number of hydrogen-bond acceptors (Lipinski definition) is 4. The Morgan fingerprint density at radius 2 is 1.87 bits per heavy atom. The van der Waals surface area contributed by atoms with Crippen molar-refractivity contribution >= 4 is 27.5 Å². The molecule has 1 atom stereocenters. The molecule has 0 aromatic heterocycles. The van der Waals surface area contributed by atoms with Gasteiger partial charge in [0.2, 0.25) is 15.9 Å². The van der Waals surface area contributed by atoms with Gasteiger partial charge in [-0.1, -0.05) is 23.7 Å². The summed E-state index contributed by atoms with van der Waals surface area (Å²) in [4.78, 5) is 11.1. The molecule has 12 heteroatoms. The first-order valence-electron chi connectivity index (χ1n) is 8.47. The van der Waals surface area contributed by atoms with E-state index in [-0.39, 0.29) is 18.5 Å². The van der Waals surface area contributed by atoms with Crippen LogP contribution in [0.1, 0.15) is 23.7 Å². The largest absolute Gasteiger partial charge is 0.417 e. The van der Waals surface area contributed by atoms with Gasteiger partial charge in [0.05, 0.1) is 21.6 Å². The molecule has 0 spiro atoms. The number of halogens is 5. The molecule has 30 heavy (non-hydrogen) atoms. The highest BCUT2D eigenvalue weighted by Crippen LogP contribution is 2.35. The SMILES string of the molecule is O=C(CCNS(=O)(=O)c1ccc(Cl)c(C(F)(F)F)c1)NCC(O)c1cccc(F)c1. The molecule has 6 nitrogen and oxygen atoms in total. The van der Waals surface area contributed by atoms with Crippen molar-refractivity contribution in [1.82, 2.24) is 10.0 Å². The number of amides is 1. The standard InChI is InChI=1S/C18H17ClF4N2O4S/c19-15-5-4-13(9-14(15)18(21,22)23)30(28,29)25-7-6-17(27)24-10-16(26)11-2-1-3-12(20)8-11/h1-5,8-9,16,25-26H,6-7,10H2,(H,24,27). The lowest BCUT2D eigenvalue weighted by molar-refractivity contribution is -0.137. The smallest absolute Gasteiger partial charge is 0.387 e. The molecule has 2 aromatic rings. The Hall–Kier alpha value is -2.21. The van der Waals surface area contributed by atoms with Gasteiger partial charge in [-0.05, 0) is 35.9 Å². The first kappa shape index (κ1) is 24.1. The number of sulfonamides is 1. The molecule has 3 N–H and O–H groups in total. The quantitative estimate of drug-likeness (QED) is 0.519. The van der Waals surface area contributed by atoms with E-state index in [0.717, 1.165) is 18.2 Å². The van der Waals surface area contributed by atoms with Crippen LogP contribution in [0.2, 0.25) is 5.02 Å². The van der Waals surface area contributed by atoms with Gasteiger partial charge < -0.3 is 10.4 Å². The summed E-state index contributed by atoms with van der Waals surface area (Å²) in [7, 11) is -4.31. The second-order valence-corrected chi connectivity index (χ2v) is 8.34. The van der Waals surface area contributed by atoms with Crippen molar-refractivity contribution in [3.05, 3.63) is 64.4 Å². The number of aliphatic hydroxyl groups excluding tert-OH is 1. The Balaban J connectivity index is 1.89. The van der Waals surface area contributed by atoms with E-state index < -0.39 is 56.1 Å². The molecule has 0 saturated heterocycles. The summed E-state index contributed by atoms with van der Waals surface area (Å²) in [6.07, 6.45) is -6.34. The van der Waals surface area contributed by atoms with Crippen LogP contribution in [-0.2, 0) is 21.0 Å². The molecule has 2 rings (SSSR count). The Kier molecular flexibility index (Phi) is 7.81. The van der Waals surface area contributed by atoms with Crippen LogP contribution in [0.4, 0.5) is 17.6 Å². The van der Waals surface area contributed by atoms with Crippen molar-refractivity contribution < 1.29 is 35.9 Å². The zero-order valence-electron chi connectivity index (χ0n) is 15.2. The first-order valence-corrected chi connectivity index (χ1v) is 10.3. The van der Waals surface area contributed by atoms with Gasteiger partial charge in [-0.15, -0.1) is 0 Å². The molecular weight excluding hydrogens is 452 g/mol. The fourth-order valence-electron chi connectivity index (χ4n) is 2.40. The van der Waals surface area contributed by atoms with E-state index in [1.807, 2.05) is 4.72 Å². The van der Waals surface area contributed by atoms with Gasteiger partial charge in [-0.2, -0.15) is 13.2 Å². The number of nitrogens with one attached hydrogen (secondary N) is 2. The summed E-state index contributed by atoms with van der Waals surface area (Å²) >= 11 is 5.46. The molecular formula is C18H17ClF4N2O4S. The molecule has 0 bridgehead atoms. The summed E-state index contributed by atoms with van der Waals surface area (Å²) in [6, 6.07) is 7.29. The normalized spacial score (nSPS) is 13.1. The Bertz CT molecular complexity index is 1020. The highest BCUT2D eigenvalue weighted by atomic mass is 35.5. The maximum Gasteiger partial charge on any atom is 0.417 e. The van der Waals surface area contributed by atoms with E-state index in [0.29, 0.717) is 6.07 Å². The molecule has 0 heterocycles. The number of carbonyl (C=O) groups is 1. The lowest BCUT2D eigenvalue weighted by atomic mass is 10.1. The molecule has 0 radical (unpaired) electrons. The van der Waals surface area contributed by atoms with Crippen molar-refractivity contribution in [2.24, 2.45) is 0 Å². The number of rotatable bonds is 8. The first-order chi connectivity index (χ1) is 13.9. The Morgan fingerprint density at radius 1 is 1.17 bits per heavy atom. The van der Waals surface area contributed by atoms with Crippen LogP contribution in [0.25, 0.3) is 0 Å². The molecule has 1 amide bonds. The van der Waals surface area contributed by atoms with Crippen LogP contribution >= 0.6 is 11.6 Å². The monoisotopic (exact) mass is 468 g/mol. The number of benzene rings is 2. The average Bonchev–Trinajstić information content (AvgIpc) is 2.65. The minimum absolute atomic E-state index is 0.235. The van der Waals surface area contributed by atoms with Crippen molar-refractivity contribution in [3.8, 4) is 0 Å². The number of alkyl halides is 3. The Labute approximate surface area is 174 Å². The van der Waals surface area contributed by atoms with Crippen LogP contribution in [-0.4, -0.2) is 32.5 Å². The van der Waals surface area contributed by atoms with Gasteiger partial charge in [0.25, 0.3) is 0 Å². The van der Waals surface area contributed by atoms with Gasteiger partial charge in [0.1, 0.15) is 5.82 Å². The average molecular weight is 469 g/mol. The van der Waals surface area contributed by atoms with E-state index in [2.05, 4.69) is 5.32 Å². The molecule has 1 unspecified atom stereocenters. The number of aliphatic hydroxyl groups is 1. The van der Waals surface area contributed by atoms with Gasteiger partial charge in [-0.25, -0.2) is 17.5 Å². The molecule has 0 aliphatic carbocycles. The third-order valence-electron chi connectivity index (χ3n) is 3.92. The molecule has 0 saturated carbocycles. The van der Waals surface area contributed by atoms with E-state index >= 15 is 0 Å². The van der Waals surface area contributed by atoms with Gasteiger partial charge in [0.15, 0.2) is 0 Å². The molecule has 164 valence electrons. The van der Waals surface area contributed by atoms with E-state index in [1.165, 1.54) is 18.2 Å². The summed E-state index contributed by atoms with van der Waals surface area (Å²) in [6.45, 7) is -0.630. The summed E-state index contributed by atoms with van der Waals surface area (Å²) in [5.41, 5.74) is -1.05. The lowest BCUT2D eigenvalue weighted by Crippen LogP contribution is -2.33. The fraction of sp³-hybridized carbons (Fsp3) is 0.278. The predicted octanol–water partition coefficient (Wildman–Crippen LogP) is 3.02.